The number of piperidine rings is 1. The molecule has 1 aromatic carbocycles. The molecule has 8 nitrogen and oxygen atoms in total. The number of amides is 1. The Morgan fingerprint density at radius 2 is 1.90 bits per heavy atom. The van der Waals surface area contributed by atoms with Crippen LogP contribution >= 0.6 is 0 Å². The van der Waals surface area contributed by atoms with Gasteiger partial charge >= 0.3 is 6.09 Å². The first-order valence-electron chi connectivity index (χ1n) is 9.86. The van der Waals surface area contributed by atoms with Crippen LogP contribution in [0.15, 0.2) is 30.3 Å². The van der Waals surface area contributed by atoms with Crippen LogP contribution in [0.25, 0.3) is 0 Å². The molecule has 0 unspecified atom stereocenters. The van der Waals surface area contributed by atoms with Gasteiger partial charge in [-0.05, 0) is 45.7 Å². The second kappa shape index (κ2) is 9.36. The maximum atomic E-state index is 11.8. The molecule has 1 aliphatic rings. The molecular formula is C21H27N5O3. The highest BCUT2D eigenvalue weighted by atomic mass is 16.6. The maximum absolute atomic E-state index is 11.8. The molecule has 1 saturated heterocycles. The van der Waals surface area contributed by atoms with Crippen LogP contribution in [0, 0.1) is 6.92 Å². The molecule has 3 rings (SSSR count). The standard InChI is InChI=1S/C21H27N5O3/c1-4-29-21(28)26-10-8-17(9-11-26)24-19-13-20(23-15(3)22-19)25-18-7-5-6-16(12-18)14(2)27/h5-7,12-13,17H,4,8-11H2,1-3H3,(H2,22,23,24,25). The number of Topliss-reactive ketones (excluding diaryl/α,β-unsaturated/α-hetero) is 1. The van der Waals surface area contributed by atoms with Crippen LogP contribution in [-0.2, 0) is 4.74 Å². The number of rotatable bonds is 6. The summed E-state index contributed by atoms with van der Waals surface area (Å²) in [5.41, 5.74) is 1.44. The third-order valence-electron chi connectivity index (χ3n) is 4.75. The van der Waals surface area contributed by atoms with Gasteiger partial charge in [-0.1, -0.05) is 12.1 Å². The number of hydrogen-bond acceptors (Lipinski definition) is 7. The van der Waals surface area contributed by atoms with Crippen molar-refractivity contribution in [2.75, 3.05) is 30.3 Å². The molecule has 1 fully saturated rings. The summed E-state index contributed by atoms with van der Waals surface area (Å²) in [4.78, 5) is 34.1. The number of ether oxygens (including phenoxy) is 1. The van der Waals surface area contributed by atoms with Gasteiger partial charge < -0.3 is 20.3 Å². The Balaban J connectivity index is 1.63. The predicted molar refractivity (Wildman–Crippen MR) is 112 cm³/mol. The van der Waals surface area contributed by atoms with E-state index in [9.17, 15) is 9.59 Å². The molecule has 2 aromatic rings. The fourth-order valence-electron chi connectivity index (χ4n) is 3.30. The van der Waals surface area contributed by atoms with Crippen molar-refractivity contribution in [1.82, 2.24) is 14.9 Å². The maximum Gasteiger partial charge on any atom is 0.409 e. The summed E-state index contributed by atoms with van der Waals surface area (Å²) in [5, 5.41) is 6.69. The van der Waals surface area contributed by atoms with Gasteiger partial charge in [-0.15, -0.1) is 0 Å². The van der Waals surface area contributed by atoms with E-state index in [0.717, 1.165) is 24.3 Å². The number of aryl methyl sites for hydroxylation is 1. The van der Waals surface area contributed by atoms with Crippen molar-refractivity contribution in [3.63, 3.8) is 0 Å². The Bertz CT molecular complexity index is 878. The molecule has 0 saturated carbocycles. The fourth-order valence-corrected chi connectivity index (χ4v) is 3.30. The molecule has 0 aliphatic carbocycles. The van der Waals surface area contributed by atoms with Crippen molar-refractivity contribution < 1.29 is 14.3 Å². The van der Waals surface area contributed by atoms with Gasteiger partial charge in [0.05, 0.1) is 6.61 Å². The van der Waals surface area contributed by atoms with Crippen LogP contribution in [-0.4, -0.2) is 52.5 Å². The van der Waals surface area contributed by atoms with Crippen LogP contribution in [0.3, 0.4) is 0 Å². The van der Waals surface area contributed by atoms with E-state index in [1.807, 2.05) is 32.0 Å². The summed E-state index contributed by atoms with van der Waals surface area (Å²) in [7, 11) is 0. The summed E-state index contributed by atoms with van der Waals surface area (Å²) in [6.45, 7) is 6.90. The van der Waals surface area contributed by atoms with Gasteiger partial charge in [-0.3, -0.25) is 4.79 Å². The third-order valence-corrected chi connectivity index (χ3v) is 4.75. The van der Waals surface area contributed by atoms with E-state index in [2.05, 4.69) is 20.6 Å². The van der Waals surface area contributed by atoms with Crippen LogP contribution in [0.2, 0.25) is 0 Å². The second-order valence-electron chi connectivity index (χ2n) is 7.05. The average Bonchev–Trinajstić information content (AvgIpc) is 2.68. The minimum Gasteiger partial charge on any atom is -0.450 e. The zero-order chi connectivity index (χ0) is 20.8. The quantitative estimate of drug-likeness (QED) is 0.716. The molecule has 1 amide bonds. The number of carbonyl (C=O) groups is 2. The van der Waals surface area contributed by atoms with Crippen molar-refractivity contribution in [2.45, 2.75) is 39.7 Å². The number of nitrogens with one attached hydrogen (secondary N) is 2. The fraction of sp³-hybridized carbons (Fsp3) is 0.429. The van der Waals surface area contributed by atoms with E-state index in [0.29, 0.717) is 36.9 Å². The van der Waals surface area contributed by atoms with E-state index in [4.69, 9.17) is 4.74 Å². The molecule has 0 radical (unpaired) electrons. The molecule has 1 aromatic heterocycles. The lowest BCUT2D eigenvalue weighted by Crippen LogP contribution is -2.42. The van der Waals surface area contributed by atoms with Crippen molar-refractivity contribution in [1.29, 1.82) is 0 Å². The highest BCUT2D eigenvalue weighted by Crippen LogP contribution is 2.21. The minimum atomic E-state index is -0.247. The molecule has 8 heteroatoms. The lowest BCUT2D eigenvalue weighted by molar-refractivity contribution is 0.0981. The Hall–Kier alpha value is -3.16. The third kappa shape index (κ3) is 5.66. The minimum absolute atomic E-state index is 0.0176. The smallest absolute Gasteiger partial charge is 0.409 e. The lowest BCUT2D eigenvalue weighted by Gasteiger charge is -2.31. The first-order chi connectivity index (χ1) is 13.9. The van der Waals surface area contributed by atoms with Gasteiger partial charge in [0, 0.05) is 36.4 Å². The van der Waals surface area contributed by atoms with Gasteiger partial charge in [-0.2, -0.15) is 0 Å². The number of carbonyl (C=O) groups excluding carboxylic acids is 2. The average molecular weight is 397 g/mol. The number of hydrogen-bond donors (Lipinski definition) is 2. The first-order valence-corrected chi connectivity index (χ1v) is 9.86. The van der Waals surface area contributed by atoms with Gasteiger partial charge in [0.15, 0.2) is 5.78 Å². The summed E-state index contributed by atoms with van der Waals surface area (Å²) in [6.07, 6.45) is 1.40. The number of likely N-dealkylation sites (tertiary alicyclic amines) is 1. The van der Waals surface area contributed by atoms with Crippen LogP contribution < -0.4 is 10.6 Å². The topological polar surface area (TPSA) is 96.5 Å². The monoisotopic (exact) mass is 397 g/mol. The van der Waals surface area contributed by atoms with E-state index in [1.54, 1.807) is 24.0 Å². The normalized spacial score (nSPS) is 14.4. The SMILES string of the molecule is CCOC(=O)N1CCC(Nc2cc(Nc3cccc(C(C)=O)c3)nc(C)n2)CC1. The van der Waals surface area contributed by atoms with Gasteiger partial charge in [0.25, 0.3) is 0 Å². The number of aromatic nitrogens is 2. The van der Waals surface area contributed by atoms with Gasteiger partial charge in [0.1, 0.15) is 17.5 Å². The first kappa shape index (κ1) is 20.6. The number of anilines is 3. The second-order valence-corrected chi connectivity index (χ2v) is 7.05. The molecule has 0 bridgehead atoms. The van der Waals surface area contributed by atoms with Gasteiger partial charge in [-0.25, -0.2) is 14.8 Å². The Labute approximate surface area is 170 Å². The Morgan fingerprint density at radius 1 is 1.17 bits per heavy atom. The van der Waals surface area contributed by atoms with Crippen molar-refractivity contribution in [3.8, 4) is 0 Å². The molecule has 0 spiro atoms. The Morgan fingerprint density at radius 3 is 2.59 bits per heavy atom. The lowest BCUT2D eigenvalue weighted by atomic mass is 10.1. The van der Waals surface area contributed by atoms with Crippen molar-refractivity contribution in [2.24, 2.45) is 0 Å². The highest BCUT2D eigenvalue weighted by Gasteiger charge is 2.23. The Kier molecular flexibility index (Phi) is 6.64. The number of ketones is 1. The van der Waals surface area contributed by atoms with E-state index < -0.39 is 0 Å². The van der Waals surface area contributed by atoms with Crippen molar-refractivity contribution in [3.05, 3.63) is 41.7 Å². The molecule has 0 atom stereocenters. The van der Waals surface area contributed by atoms with E-state index in [1.165, 1.54) is 0 Å². The molecule has 2 heterocycles. The van der Waals surface area contributed by atoms with Gasteiger partial charge in [0.2, 0.25) is 0 Å². The predicted octanol–water partition coefficient (Wildman–Crippen LogP) is 3.76. The number of benzene rings is 1. The van der Waals surface area contributed by atoms with E-state index >= 15 is 0 Å². The summed E-state index contributed by atoms with van der Waals surface area (Å²) in [5.74, 6) is 2.05. The molecule has 29 heavy (non-hydrogen) atoms. The molecule has 2 N–H and O–H groups in total. The number of nitrogens with zero attached hydrogens (tertiary/aromatic N) is 3. The molecular weight excluding hydrogens is 370 g/mol. The highest BCUT2D eigenvalue weighted by molar-refractivity contribution is 5.95. The summed E-state index contributed by atoms with van der Waals surface area (Å²) >= 11 is 0. The molecule has 1 aliphatic heterocycles. The van der Waals surface area contributed by atoms with Crippen LogP contribution in [0.5, 0.6) is 0 Å². The van der Waals surface area contributed by atoms with E-state index in [-0.39, 0.29) is 17.9 Å². The molecule has 154 valence electrons. The summed E-state index contributed by atoms with van der Waals surface area (Å²) < 4.78 is 5.06. The van der Waals surface area contributed by atoms with Crippen molar-refractivity contribution >= 4 is 29.2 Å². The summed E-state index contributed by atoms with van der Waals surface area (Å²) in [6, 6.07) is 9.40. The van der Waals surface area contributed by atoms with Crippen LogP contribution in [0.1, 0.15) is 42.9 Å². The zero-order valence-corrected chi connectivity index (χ0v) is 17.1. The largest absolute Gasteiger partial charge is 0.450 e. The van der Waals surface area contributed by atoms with Crippen LogP contribution in [0.4, 0.5) is 22.1 Å². The zero-order valence-electron chi connectivity index (χ0n) is 17.1.